The highest BCUT2D eigenvalue weighted by Gasteiger charge is 2.05. The Morgan fingerprint density at radius 3 is 2.85 bits per heavy atom. The quantitative estimate of drug-likeness (QED) is 0.751. The minimum atomic E-state index is 0.686. The number of nitrogens with two attached hydrogens (primary N) is 1. The van der Waals surface area contributed by atoms with Gasteiger partial charge in [0.1, 0.15) is 11.4 Å². The number of aryl methyl sites for hydroxylation is 1. The van der Waals surface area contributed by atoms with Crippen molar-refractivity contribution in [2.45, 2.75) is 6.92 Å². The SMILES string of the molecule is Cc1cnc(-c2cscn2)c(N)c1. The average Bonchev–Trinajstić information content (AvgIpc) is 2.56. The van der Waals surface area contributed by atoms with E-state index in [9.17, 15) is 0 Å². The molecule has 3 nitrogen and oxygen atoms in total. The van der Waals surface area contributed by atoms with Crippen LogP contribution in [0.5, 0.6) is 0 Å². The number of rotatable bonds is 1. The van der Waals surface area contributed by atoms with Crippen molar-refractivity contribution in [1.82, 2.24) is 9.97 Å². The van der Waals surface area contributed by atoms with Crippen LogP contribution in [-0.2, 0) is 0 Å². The van der Waals surface area contributed by atoms with Gasteiger partial charge < -0.3 is 5.73 Å². The van der Waals surface area contributed by atoms with E-state index in [0.717, 1.165) is 17.0 Å². The maximum atomic E-state index is 5.81. The first-order valence-electron chi connectivity index (χ1n) is 3.88. The van der Waals surface area contributed by atoms with E-state index in [0.29, 0.717) is 5.69 Å². The van der Waals surface area contributed by atoms with Gasteiger partial charge in [0, 0.05) is 11.6 Å². The van der Waals surface area contributed by atoms with Gasteiger partial charge in [-0.05, 0) is 18.6 Å². The molecule has 2 aromatic rings. The molecule has 66 valence electrons. The van der Waals surface area contributed by atoms with Crippen LogP contribution < -0.4 is 5.73 Å². The van der Waals surface area contributed by atoms with Gasteiger partial charge in [0.05, 0.1) is 11.2 Å². The van der Waals surface area contributed by atoms with Crippen molar-refractivity contribution in [3.8, 4) is 11.4 Å². The highest BCUT2D eigenvalue weighted by molar-refractivity contribution is 7.07. The summed E-state index contributed by atoms with van der Waals surface area (Å²) in [6.07, 6.45) is 1.80. The zero-order valence-electron chi connectivity index (χ0n) is 7.19. The maximum Gasteiger partial charge on any atom is 0.112 e. The molecule has 0 saturated heterocycles. The van der Waals surface area contributed by atoms with Crippen LogP contribution in [-0.4, -0.2) is 9.97 Å². The van der Waals surface area contributed by atoms with Crippen LogP contribution >= 0.6 is 11.3 Å². The van der Waals surface area contributed by atoms with Gasteiger partial charge in [-0.25, -0.2) is 4.98 Å². The predicted molar refractivity (Wildman–Crippen MR) is 54.5 cm³/mol. The number of aromatic nitrogens is 2. The molecule has 0 aliphatic heterocycles. The molecule has 2 N–H and O–H groups in total. The van der Waals surface area contributed by atoms with Gasteiger partial charge in [-0.1, -0.05) is 0 Å². The summed E-state index contributed by atoms with van der Waals surface area (Å²) in [5.41, 5.74) is 11.0. The zero-order chi connectivity index (χ0) is 9.26. The van der Waals surface area contributed by atoms with Crippen LogP contribution in [0.25, 0.3) is 11.4 Å². The van der Waals surface area contributed by atoms with E-state index < -0.39 is 0 Å². The Morgan fingerprint density at radius 2 is 2.23 bits per heavy atom. The number of anilines is 1. The minimum Gasteiger partial charge on any atom is -0.397 e. The summed E-state index contributed by atoms with van der Waals surface area (Å²) in [4.78, 5) is 8.39. The molecule has 0 bridgehead atoms. The van der Waals surface area contributed by atoms with Crippen LogP contribution in [0, 0.1) is 6.92 Å². The topological polar surface area (TPSA) is 51.8 Å². The Morgan fingerprint density at radius 1 is 1.38 bits per heavy atom. The van der Waals surface area contributed by atoms with Crippen LogP contribution in [0.15, 0.2) is 23.2 Å². The second-order valence-corrected chi connectivity index (χ2v) is 3.54. The highest BCUT2D eigenvalue weighted by atomic mass is 32.1. The lowest BCUT2D eigenvalue weighted by molar-refractivity contribution is 1.25. The lowest BCUT2D eigenvalue weighted by atomic mass is 10.2. The first-order valence-corrected chi connectivity index (χ1v) is 4.82. The molecule has 0 radical (unpaired) electrons. The molecule has 0 aromatic carbocycles. The molecule has 0 saturated carbocycles. The Kier molecular flexibility index (Phi) is 1.98. The molecule has 0 fully saturated rings. The van der Waals surface area contributed by atoms with Crippen molar-refractivity contribution in [1.29, 1.82) is 0 Å². The fraction of sp³-hybridized carbons (Fsp3) is 0.111. The summed E-state index contributed by atoms with van der Waals surface area (Å²) in [5, 5.41) is 1.94. The minimum absolute atomic E-state index is 0.686. The monoisotopic (exact) mass is 191 g/mol. The molecule has 0 aliphatic carbocycles. The molecule has 2 heterocycles. The number of thiazole rings is 1. The molecule has 0 aliphatic rings. The molecule has 0 atom stereocenters. The fourth-order valence-electron chi connectivity index (χ4n) is 1.14. The van der Waals surface area contributed by atoms with Crippen molar-refractivity contribution in [2.75, 3.05) is 5.73 Å². The number of nitrogens with zero attached hydrogens (tertiary/aromatic N) is 2. The van der Waals surface area contributed by atoms with Crippen molar-refractivity contribution in [2.24, 2.45) is 0 Å². The van der Waals surface area contributed by atoms with Crippen LogP contribution in [0.2, 0.25) is 0 Å². The molecule has 0 amide bonds. The Bertz CT molecular complexity index is 409. The Balaban J connectivity index is 2.53. The number of hydrogen-bond acceptors (Lipinski definition) is 4. The van der Waals surface area contributed by atoms with E-state index in [1.807, 2.05) is 18.4 Å². The van der Waals surface area contributed by atoms with E-state index in [1.54, 1.807) is 23.0 Å². The van der Waals surface area contributed by atoms with Crippen molar-refractivity contribution < 1.29 is 0 Å². The third-order valence-electron chi connectivity index (χ3n) is 1.73. The van der Waals surface area contributed by atoms with Crippen molar-refractivity contribution in [3.63, 3.8) is 0 Å². The third kappa shape index (κ3) is 1.53. The molecular formula is C9H9N3S. The largest absolute Gasteiger partial charge is 0.397 e. The smallest absolute Gasteiger partial charge is 0.112 e. The molecule has 4 heteroatoms. The summed E-state index contributed by atoms with van der Waals surface area (Å²) in [5.74, 6) is 0. The van der Waals surface area contributed by atoms with Crippen LogP contribution in [0.4, 0.5) is 5.69 Å². The van der Waals surface area contributed by atoms with Gasteiger partial charge in [-0.2, -0.15) is 0 Å². The second-order valence-electron chi connectivity index (χ2n) is 2.82. The normalized spacial score (nSPS) is 10.2. The van der Waals surface area contributed by atoms with Crippen molar-refractivity contribution in [3.05, 3.63) is 28.7 Å². The number of pyridine rings is 1. The third-order valence-corrected chi connectivity index (χ3v) is 2.32. The molecule has 0 unspecified atom stereocenters. The Hall–Kier alpha value is -1.42. The maximum absolute atomic E-state index is 5.81. The molecule has 13 heavy (non-hydrogen) atoms. The fourth-order valence-corrected chi connectivity index (χ4v) is 1.67. The van der Waals surface area contributed by atoms with Gasteiger partial charge in [0.15, 0.2) is 0 Å². The van der Waals surface area contributed by atoms with Crippen LogP contribution in [0.3, 0.4) is 0 Å². The average molecular weight is 191 g/mol. The first-order chi connectivity index (χ1) is 6.27. The molecule has 0 spiro atoms. The summed E-state index contributed by atoms with van der Waals surface area (Å²) >= 11 is 1.54. The van der Waals surface area contributed by atoms with E-state index >= 15 is 0 Å². The zero-order valence-corrected chi connectivity index (χ0v) is 8.01. The summed E-state index contributed by atoms with van der Waals surface area (Å²) in [7, 11) is 0. The Labute approximate surface area is 80.3 Å². The number of nitrogen functional groups attached to an aromatic ring is 1. The lowest BCUT2D eigenvalue weighted by Crippen LogP contribution is -1.94. The lowest BCUT2D eigenvalue weighted by Gasteiger charge is -2.01. The first kappa shape index (κ1) is 8.19. The molecule has 2 aromatic heterocycles. The molecular weight excluding hydrogens is 182 g/mol. The standard InChI is InChI=1S/C9H9N3S/c1-6-2-7(10)9(11-3-6)8-4-13-5-12-8/h2-5H,10H2,1H3. The second kappa shape index (κ2) is 3.14. The van der Waals surface area contributed by atoms with Gasteiger partial charge in [0.2, 0.25) is 0 Å². The molecule has 2 rings (SSSR count). The van der Waals surface area contributed by atoms with Crippen molar-refractivity contribution >= 4 is 17.0 Å². The highest BCUT2D eigenvalue weighted by Crippen LogP contribution is 2.23. The number of hydrogen-bond donors (Lipinski definition) is 1. The summed E-state index contributed by atoms with van der Waals surface area (Å²) in [6.45, 7) is 1.97. The van der Waals surface area contributed by atoms with Gasteiger partial charge in [0.25, 0.3) is 0 Å². The van der Waals surface area contributed by atoms with E-state index in [4.69, 9.17) is 5.73 Å². The summed E-state index contributed by atoms with van der Waals surface area (Å²) in [6, 6.07) is 1.90. The summed E-state index contributed by atoms with van der Waals surface area (Å²) < 4.78 is 0. The van der Waals surface area contributed by atoms with Gasteiger partial charge in [-0.3, -0.25) is 4.98 Å². The van der Waals surface area contributed by atoms with E-state index in [-0.39, 0.29) is 0 Å². The predicted octanol–water partition coefficient (Wildman–Crippen LogP) is 2.10. The van der Waals surface area contributed by atoms with E-state index in [1.165, 1.54) is 0 Å². The van der Waals surface area contributed by atoms with Gasteiger partial charge >= 0.3 is 0 Å². The van der Waals surface area contributed by atoms with E-state index in [2.05, 4.69) is 9.97 Å². The van der Waals surface area contributed by atoms with Crippen LogP contribution in [0.1, 0.15) is 5.56 Å². The van der Waals surface area contributed by atoms with Gasteiger partial charge in [-0.15, -0.1) is 11.3 Å².